The van der Waals surface area contributed by atoms with E-state index in [0.717, 1.165) is 0 Å². The van der Waals surface area contributed by atoms with E-state index in [1.807, 2.05) is 13.8 Å². The van der Waals surface area contributed by atoms with Gasteiger partial charge in [0.15, 0.2) is 0 Å². The monoisotopic (exact) mass is 321 g/mol. The van der Waals surface area contributed by atoms with Crippen molar-refractivity contribution >= 4 is 33.4 Å². The molecule has 0 bridgehead atoms. The summed E-state index contributed by atoms with van der Waals surface area (Å²) >= 11 is 9.01. The SMILES string of the molecule is CN(C(=O)c1ccc(F)c(Cl)c1)C(C)(C)CBr. The Morgan fingerprint density at radius 1 is 1.53 bits per heavy atom. The number of amides is 1. The summed E-state index contributed by atoms with van der Waals surface area (Å²) in [6, 6.07) is 3.98. The molecule has 1 rings (SSSR count). The van der Waals surface area contributed by atoms with Gasteiger partial charge in [0.25, 0.3) is 5.91 Å². The predicted molar refractivity (Wildman–Crippen MR) is 71.4 cm³/mol. The molecule has 0 aromatic heterocycles. The van der Waals surface area contributed by atoms with Gasteiger partial charge in [-0.05, 0) is 32.0 Å². The molecule has 0 aliphatic carbocycles. The van der Waals surface area contributed by atoms with E-state index in [1.54, 1.807) is 11.9 Å². The highest BCUT2D eigenvalue weighted by Crippen LogP contribution is 2.21. The summed E-state index contributed by atoms with van der Waals surface area (Å²) in [6.07, 6.45) is 0. The molecule has 0 aliphatic rings. The van der Waals surface area contributed by atoms with Crippen molar-refractivity contribution in [1.82, 2.24) is 4.90 Å². The maximum absolute atomic E-state index is 13.0. The zero-order chi connectivity index (χ0) is 13.2. The van der Waals surface area contributed by atoms with Crippen molar-refractivity contribution < 1.29 is 9.18 Å². The van der Waals surface area contributed by atoms with Crippen molar-refractivity contribution in [2.75, 3.05) is 12.4 Å². The van der Waals surface area contributed by atoms with E-state index in [1.165, 1.54) is 18.2 Å². The Morgan fingerprint density at radius 2 is 2.12 bits per heavy atom. The summed E-state index contributed by atoms with van der Waals surface area (Å²) < 4.78 is 13.0. The van der Waals surface area contributed by atoms with Gasteiger partial charge in [-0.25, -0.2) is 4.39 Å². The highest BCUT2D eigenvalue weighted by atomic mass is 79.9. The first kappa shape index (κ1) is 14.5. The topological polar surface area (TPSA) is 20.3 Å². The van der Waals surface area contributed by atoms with Gasteiger partial charge in [0.05, 0.1) is 5.02 Å². The molecule has 0 unspecified atom stereocenters. The second-order valence-corrected chi connectivity index (χ2v) is 5.41. The molecule has 0 saturated carbocycles. The Kier molecular flexibility index (Phi) is 4.55. The molecule has 0 fully saturated rings. The minimum absolute atomic E-state index is 0.0408. The fourth-order valence-electron chi connectivity index (χ4n) is 1.19. The first-order chi connectivity index (χ1) is 7.79. The third kappa shape index (κ3) is 3.19. The fraction of sp³-hybridized carbons (Fsp3) is 0.417. The van der Waals surface area contributed by atoms with Crippen LogP contribution in [0.4, 0.5) is 4.39 Å². The Balaban J connectivity index is 3.01. The summed E-state index contributed by atoms with van der Waals surface area (Å²) in [5.74, 6) is -0.707. The summed E-state index contributed by atoms with van der Waals surface area (Å²) in [6.45, 7) is 3.87. The van der Waals surface area contributed by atoms with Crippen molar-refractivity contribution in [3.63, 3.8) is 0 Å². The van der Waals surface area contributed by atoms with E-state index in [-0.39, 0.29) is 16.5 Å². The zero-order valence-electron chi connectivity index (χ0n) is 9.93. The van der Waals surface area contributed by atoms with Gasteiger partial charge >= 0.3 is 0 Å². The molecule has 1 aromatic rings. The van der Waals surface area contributed by atoms with E-state index in [0.29, 0.717) is 10.9 Å². The van der Waals surface area contributed by atoms with Gasteiger partial charge in [-0.3, -0.25) is 4.79 Å². The van der Waals surface area contributed by atoms with E-state index >= 15 is 0 Å². The standard InChI is InChI=1S/C12H14BrClFNO/c1-12(2,7-13)16(3)11(17)8-4-5-10(15)9(14)6-8/h4-6H,7H2,1-3H3. The fourth-order valence-corrected chi connectivity index (χ4v) is 1.74. The number of halogens is 3. The molecule has 94 valence electrons. The van der Waals surface area contributed by atoms with Gasteiger partial charge in [-0.1, -0.05) is 27.5 Å². The van der Waals surface area contributed by atoms with E-state index < -0.39 is 5.82 Å². The van der Waals surface area contributed by atoms with Crippen molar-refractivity contribution in [3.8, 4) is 0 Å². The lowest BCUT2D eigenvalue weighted by Gasteiger charge is -2.34. The molecule has 1 aromatic carbocycles. The summed E-state index contributed by atoms with van der Waals surface area (Å²) in [4.78, 5) is 13.7. The molecule has 0 heterocycles. The highest BCUT2D eigenvalue weighted by Gasteiger charge is 2.27. The molecule has 5 heteroatoms. The molecule has 0 saturated heterocycles. The van der Waals surface area contributed by atoms with Crippen LogP contribution >= 0.6 is 27.5 Å². The van der Waals surface area contributed by atoms with Crippen molar-refractivity contribution in [2.24, 2.45) is 0 Å². The van der Waals surface area contributed by atoms with Gasteiger partial charge < -0.3 is 4.90 Å². The second-order valence-electron chi connectivity index (χ2n) is 4.44. The normalized spacial score (nSPS) is 11.4. The van der Waals surface area contributed by atoms with Gasteiger partial charge in [0.1, 0.15) is 5.82 Å². The van der Waals surface area contributed by atoms with Crippen LogP contribution in [-0.2, 0) is 0 Å². The van der Waals surface area contributed by atoms with Crippen LogP contribution < -0.4 is 0 Å². The summed E-state index contributed by atoms with van der Waals surface area (Å²) in [5, 5.41) is 0.609. The minimum atomic E-state index is -0.523. The Labute approximate surface area is 114 Å². The number of nitrogens with zero attached hydrogens (tertiary/aromatic N) is 1. The van der Waals surface area contributed by atoms with Crippen molar-refractivity contribution in [3.05, 3.63) is 34.6 Å². The molecule has 17 heavy (non-hydrogen) atoms. The number of benzene rings is 1. The van der Waals surface area contributed by atoms with E-state index in [4.69, 9.17) is 11.6 Å². The Hall–Kier alpha value is -0.610. The minimum Gasteiger partial charge on any atom is -0.336 e. The lowest BCUT2D eigenvalue weighted by Crippen LogP contribution is -2.46. The average molecular weight is 323 g/mol. The lowest BCUT2D eigenvalue weighted by atomic mass is 10.1. The average Bonchev–Trinajstić information content (AvgIpc) is 2.30. The number of hydrogen-bond acceptors (Lipinski definition) is 1. The van der Waals surface area contributed by atoms with Crippen LogP contribution in [-0.4, -0.2) is 28.7 Å². The smallest absolute Gasteiger partial charge is 0.254 e. The van der Waals surface area contributed by atoms with E-state index in [9.17, 15) is 9.18 Å². The molecule has 0 aliphatic heterocycles. The zero-order valence-corrected chi connectivity index (χ0v) is 12.3. The highest BCUT2D eigenvalue weighted by molar-refractivity contribution is 9.09. The molecule has 0 spiro atoms. The maximum atomic E-state index is 13.0. The summed E-state index contributed by atoms with van der Waals surface area (Å²) in [7, 11) is 1.71. The quantitative estimate of drug-likeness (QED) is 0.777. The summed E-state index contributed by atoms with van der Waals surface area (Å²) in [5.41, 5.74) is 0.0609. The van der Waals surface area contributed by atoms with Crippen LogP contribution in [0.3, 0.4) is 0 Å². The number of carbonyl (C=O) groups excluding carboxylic acids is 1. The molecular weight excluding hydrogens is 308 g/mol. The maximum Gasteiger partial charge on any atom is 0.254 e. The van der Waals surface area contributed by atoms with Gasteiger partial charge in [-0.2, -0.15) is 0 Å². The first-order valence-electron chi connectivity index (χ1n) is 5.09. The van der Waals surface area contributed by atoms with Crippen LogP contribution in [0.1, 0.15) is 24.2 Å². The second kappa shape index (κ2) is 5.36. The van der Waals surface area contributed by atoms with Crippen LogP contribution in [0.15, 0.2) is 18.2 Å². The third-order valence-corrected chi connectivity index (χ3v) is 4.37. The third-order valence-electron chi connectivity index (χ3n) is 2.71. The van der Waals surface area contributed by atoms with Gasteiger partial charge in [-0.15, -0.1) is 0 Å². The van der Waals surface area contributed by atoms with Crippen LogP contribution in [0.5, 0.6) is 0 Å². The molecule has 0 radical (unpaired) electrons. The lowest BCUT2D eigenvalue weighted by molar-refractivity contribution is 0.0663. The number of carbonyl (C=O) groups is 1. The number of alkyl halides is 1. The van der Waals surface area contributed by atoms with Crippen molar-refractivity contribution in [2.45, 2.75) is 19.4 Å². The number of rotatable bonds is 3. The Bertz CT molecular complexity index is 437. The molecule has 0 N–H and O–H groups in total. The van der Waals surface area contributed by atoms with Gasteiger partial charge in [0.2, 0.25) is 0 Å². The molecule has 1 amide bonds. The predicted octanol–water partition coefficient (Wildman–Crippen LogP) is 3.72. The molecule has 0 atom stereocenters. The Morgan fingerprint density at radius 3 is 2.59 bits per heavy atom. The molecular formula is C12H14BrClFNO. The number of hydrogen-bond donors (Lipinski definition) is 0. The molecule has 2 nitrogen and oxygen atoms in total. The van der Waals surface area contributed by atoms with Gasteiger partial charge in [0, 0.05) is 23.5 Å². The largest absolute Gasteiger partial charge is 0.336 e. The van der Waals surface area contributed by atoms with Crippen LogP contribution in [0.2, 0.25) is 5.02 Å². The van der Waals surface area contributed by atoms with Crippen LogP contribution in [0.25, 0.3) is 0 Å². The van der Waals surface area contributed by atoms with Crippen molar-refractivity contribution in [1.29, 1.82) is 0 Å². The first-order valence-corrected chi connectivity index (χ1v) is 6.58. The van der Waals surface area contributed by atoms with E-state index in [2.05, 4.69) is 15.9 Å². The van der Waals surface area contributed by atoms with Crippen LogP contribution in [0, 0.1) is 5.82 Å².